The van der Waals surface area contributed by atoms with E-state index in [0.29, 0.717) is 52.7 Å². The molecule has 0 aromatic rings. The zero-order chi connectivity index (χ0) is 13.3. The summed E-state index contributed by atoms with van der Waals surface area (Å²) in [7, 11) is 4.76. The number of rotatable bonds is 14. The maximum Gasteiger partial charge on any atom is 0.375 e. The fraction of sp³-hybridized carbons (Fsp3) is 0.909. The van der Waals surface area contributed by atoms with Gasteiger partial charge in [0.15, 0.2) is 0 Å². The Bertz CT molecular complexity index is 184. The van der Waals surface area contributed by atoms with Crippen LogP contribution in [-0.2, 0) is 18.9 Å². The molecule has 0 amide bonds. The maximum absolute atomic E-state index is 5.33. The first-order valence-electron chi connectivity index (χ1n) is 6.19. The molecule has 6 nitrogen and oxygen atoms in total. The lowest BCUT2D eigenvalue weighted by Crippen LogP contribution is -2.11. The zero-order valence-electron chi connectivity index (χ0n) is 10.9. The Morgan fingerprint density at radius 3 is 2.00 bits per heavy atom. The molecule has 0 aliphatic rings. The molecule has 0 saturated heterocycles. The van der Waals surface area contributed by atoms with Crippen LogP contribution in [0.4, 0.5) is 0 Å². The number of nitrogens with two attached hydrogens (primary N) is 1. The van der Waals surface area contributed by atoms with Gasteiger partial charge in [0.1, 0.15) is 6.40 Å². The van der Waals surface area contributed by atoms with E-state index in [2.05, 4.69) is 9.65 Å². The van der Waals surface area contributed by atoms with Crippen molar-refractivity contribution in [3.8, 4) is 0 Å². The third kappa shape index (κ3) is 15.4. The second-order valence-corrected chi connectivity index (χ2v) is 3.48. The van der Waals surface area contributed by atoms with Gasteiger partial charge in [0, 0.05) is 19.8 Å². The molecule has 104 valence electrons. The highest BCUT2D eigenvalue weighted by atomic mass is 16.5. The van der Waals surface area contributed by atoms with E-state index in [0.717, 1.165) is 12.8 Å². The van der Waals surface area contributed by atoms with E-state index in [1.165, 1.54) is 6.40 Å². The highest BCUT2D eigenvalue weighted by Crippen LogP contribution is 1.86. The van der Waals surface area contributed by atoms with Crippen molar-refractivity contribution in [2.45, 2.75) is 12.8 Å². The van der Waals surface area contributed by atoms with Gasteiger partial charge in [-0.2, -0.15) is 0 Å². The molecule has 0 atom stereocenters. The summed E-state index contributed by atoms with van der Waals surface area (Å²) in [4.78, 5) is 3.86. The van der Waals surface area contributed by atoms with Gasteiger partial charge in [-0.05, 0) is 19.4 Å². The van der Waals surface area contributed by atoms with Crippen molar-refractivity contribution in [2.24, 2.45) is 10.7 Å². The number of nitrogens with zero attached hydrogens (tertiary/aromatic N) is 1. The van der Waals surface area contributed by atoms with Gasteiger partial charge in [0.05, 0.1) is 26.4 Å². The molecule has 0 spiro atoms. The SMILES string of the molecule is [B]OC=NCCCOCCOCCOCCCN. The highest BCUT2D eigenvalue weighted by molar-refractivity contribution is 6.02. The van der Waals surface area contributed by atoms with Crippen molar-refractivity contribution in [3.05, 3.63) is 0 Å². The predicted molar refractivity (Wildman–Crippen MR) is 70.9 cm³/mol. The van der Waals surface area contributed by atoms with Crippen LogP contribution in [0.3, 0.4) is 0 Å². The molecule has 7 heteroatoms. The first-order chi connectivity index (χ1) is 8.91. The van der Waals surface area contributed by atoms with Crippen molar-refractivity contribution in [2.75, 3.05) is 52.7 Å². The van der Waals surface area contributed by atoms with Crippen LogP contribution in [0.15, 0.2) is 4.99 Å². The lowest BCUT2D eigenvalue weighted by Gasteiger charge is -2.06. The molecule has 2 N–H and O–H groups in total. The predicted octanol–water partition coefficient (Wildman–Crippen LogP) is -0.0965. The van der Waals surface area contributed by atoms with E-state index >= 15 is 0 Å². The largest absolute Gasteiger partial charge is 0.560 e. The topological polar surface area (TPSA) is 75.3 Å². The summed E-state index contributed by atoms with van der Waals surface area (Å²) in [6.07, 6.45) is 2.94. The monoisotopic (exact) mass is 258 g/mol. The van der Waals surface area contributed by atoms with Crippen LogP contribution in [0.5, 0.6) is 0 Å². The molecular weight excluding hydrogens is 235 g/mol. The smallest absolute Gasteiger partial charge is 0.375 e. The molecule has 0 aliphatic carbocycles. The Hall–Kier alpha value is -0.625. The molecule has 0 unspecified atom stereocenters. The molecule has 0 saturated carbocycles. The Balaban J connectivity index is 2.92. The van der Waals surface area contributed by atoms with Crippen LogP contribution in [0, 0.1) is 0 Å². The molecule has 18 heavy (non-hydrogen) atoms. The minimum absolute atomic E-state index is 0.579. The highest BCUT2D eigenvalue weighted by Gasteiger charge is 1.91. The number of ether oxygens (including phenoxy) is 3. The van der Waals surface area contributed by atoms with E-state index in [1.54, 1.807) is 0 Å². The molecule has 0 aromatic heterocycles. The van der Waals surface area contributed by atoms with Crippen LogP contribution in [0.2, 0.25) is 0 Å². The Labute approximate surface area is 110 Å². The van der Waals surface area contributed by atoms with Crippen molar-refractivity contribution in [1.82, 2.24) is 0 Å². The third-order valence-electron chi connectivity index (χ3n) is 1.95. The molecule has 0 aliphatic heterocycles. The van der Waals surface area contributed by atoms with Crippen LogP contribution < -0.4 is 5.73 Å². The number of hydrogen-bond acceptors (Lipinski definition) is 6. The van der Waals surface area contributed by atoms with Gasteiger partial charge in [-0.1, -0.05) is 0 Å². The third-order valence-corrected chi connectivity index (χ3v) is 1.95. The molecule has 0 fully saturated rings. The summed E-state index contributed by atoms with van der Waals surface area (Å²) in [5, 5.41) is 0. The van der Waals surface area contributed by atoms with Gasteiger partial charge in [-0.3, -0.25) is 4.99 Å². The maximum atomic E-state index is 5.33. The van der Waals surface area contributed by atoms with E-state index in [4.69, 9.17) is 28.0 Å². The fourth-order valence-electron chi connectivity index (χ4n) is 1.08. The average molecular weight is 258 g/mol. The van der Waals surface area contributed by atoms with E-state index < -0.39 is 0 Å². The molecule has 0 heterocycles. The van der Waals surface area contributed by atoms with Crippen LogP contribution in [-0.4, -0.2) is 67.2 Å². The molecule has 0 bridgehead atoms. The van der Waals surface area contributed by atoms with Gasteiger partial charge in [0.2, 0.25) is 0 Å². The van der Waals surface area contributed by atoms with Gasteiger partial charge < -0.3 is 24.6 Å². The average Bonchev–Trinajstić information content (AvgIpc) is 2.39. The van der Waals surface area contributed by atoms with Crippen LogP contribution in [0.1, 0.15) is 12.8 Å². The summed E-state index contributed by atoms with van der Waals surface area (Å²) in [5.41, 5.74) is 5.33. The van der Waals surface area contributed by atoms with E-state index in [1.807, 2.05) is 0 Å². The molecule has 2 radical (unpaired) electrons. The van der Waals surface area contributed by atoms with E-state index in [9.17, 15) is 0 Å². The quantitative estimate of drug-likeness (QED) is 0.204. The van der Waals surface area contributed by atoms with Crippen molar-refractivity contribution < 1.29 is 18.9 Å². The number of aliphatic imine (C=N–C) groups is 1. The molecule has 0 rings (SSSR count). The first-order valence-corrected chi connectivity index (χ1v) is 6.19. The summed E-state index contributed by atoms with van der Waals surface area (Å²) in [6.45, 7) is 5.01. The molecular formula is C11H23BN2O4. The summed E-state index contributed by atoms with van der Waals surface area (Å²) in [6, 6.07) is 0. The summed E-state index contributed by atoms with van der Waals surface area (Å²) in [5.74, 6) is 0. The normalized spacial score (nSPS) is 11.2. The lowest BCUT2D eigenvalue weighted by molar-refractivity contribution is 0.0143. The van der Waals surface area contributed by atoms with Crippen molar-refractivity contribution >= 4 is 14.4 Å². The van der Waals surface area contributed by atoms with Gasteiger partial charge in [0.25, 0.3) is 0 Å². The van der Waals surface area contributed by atoms with Gasteiger partial charge in [-0.15, -0.1) is 0 Å². The van der Waals surface area contributed by atoms with Crippen LogP contribution >= 0.6 is 0 Å². The molecule has 0 aromatic carbocycles. The Morgan fingerprint density at radius 1 is 0.889 bits per heavy atom. The second-order valence-electron chi connectivity index (χ2n) is 3.48. The minimum Gasteiger partial charge on any atom is -0.560 e. The second kappa shape index (κ2) is 16.4. The Kier molecular flexibility index (Phi) is 15.8. The minimum atomic E-state index is 0.579. The summed E-state index contributed by atoms with van der Waals surface area (Å²) >= 11 is 0. The Morgan fingerprint density at radius 2 is 1.44 bits per heavy atom. The van der Waals surface area contributed by atoms with Crippen LogP contribution in [0.25, 0.3) is 0 Å². The standard InChI is InChI=1S/C11H23BN2O4/c12-18-11-14-4-2-6-16-8-10-17-9-7-15-5-1-3-13/h11H,1-10,13H2. The van der Waals surface area contributed by atoms with E-state index in [-0.39, 0.29) is 0 Å². The van der Waals surface area contributed by atoms with Gasteiger partial charge in [-0.25, -0.2) is 0 Å². The van der Waals surface area contributed by atoms with Crippen molar-refractivity contribution in [1.29, 1.82) is 0 Å². The first kappa shape index (κ1) is 17.4. The van der Waals surface area contributed by atoms with Gasteiger partial charge >= 0.3 is 8.05 Å². The number of hydrogen-bond donors (Lipinski definition) is 1. The fourth-order valence-corrected chi connectivity index (χ4v) is 1.08. The summed E-state index contributed by atoms with van der Waals surface area (Å²) < 4.78 is 20.1. The lowest BCUT2D eigenvalue weighted by atomic mass is 10.5. The zero-order valence-corrected chi connectivity index (χ0v) is 10.9. The van der Waals surface area contributed by atoms with Crippen molar-refractivity contribution in [3.63, 3.8) is 0 Å².